The van der Waals surface area contributed by atoms with Gasteiger partial charge in [0.2, 0.25) is 0 Å². The number of likely N-dealkylation sites (tertiary alicyclic amines) is 1. The first-order chi connectivity index (χ1) is 15.1. The number of pyridine rings is 1. The van der Waals surface area contributed by atoms with Crippen LogP contribution in [0.2, 0.25) is 0 Å². The van der Waals surface area contributed by atoms with Crippen molar-refractivity contribution in [3.05, 3.63) is 65.0 Å². The predicted molar refractivity (Wildman–Crippen MR) is 122 cm³/mol. The van der Waals surface area contributed by atoms with Crippen molar-refractivity contribution < 1.29 is 9.90 Å². The van der Waals surface area contributed by atoms with Crippen LogP contribution in [0, 0.1) is 5.92 Å². The van der Waals surface area contributed by atoms with E-state index in [4.69, 9.17) is 0 Å². The first-order valence-electron chi connectivity index (χ1n) is 11.5. The van der Waals surface area contributed by atoms with Crippen LogP contribution < -0.4 is 5.32 Å². The molecule has 6 heteroatoms. The monoisotopic (exact) mass is 422 g/mol. The number of aliphatic hydroxyl groups is 1. The highest BCUT2D eigenvalue weighted by Crippen LogP contribution is 2.21. The van der Waals surface area contributed by atoms with Crippen LogP contribution in [0.1, 0.15) is 40.0 Å². The number of amides is 1. The minimum atomic E-state index is -0.600. The second-order valence-corrected chi connectivity index (χ2v) is 9.12. The van der Waals surface area contributed by atoms with E-state index in [0.29, 0.717) is 18.2 Å². The van der Waals surface area contributed by atoms with Crippen LogP contribution in [0.3, 0.4) is 0 Å². The van der Waals surface area contributed by atoms with Crippen LogP contribution in [0.15, 0.2) is 42.6 Å². The van der Waals surface area contributed by atoms with E-state index >= 15 is 0 Å². The zero-order chi connectivity index (χ0) is 21.6. The number of carbonyl (C=O) groups excluding carboxylic acids is 1. The number of rotatable bonds is 7. The minimum Gasteiger partial charge on any atom is -0.390 e. The molecule has 0 spiro atoms. The van der Waals surface area contributed by atoms with E-state index in [1.54, 1.807) is 6.20 Å². The molecule has 4 rings (SSSR count). The maximum absolute atomic E-state index is 12.6. The SMILES string of the molecule is CN1CCC(Cc2ccnc(C(=O)NC[C@H](O)CN3CCc4ccccc4C3)c2)CC1. The van der Waals surface area contributed by atoms with Crippen molar-refractivity contribution in [2.75, 3.05) is 39.8 Å². The summed E-state index contributed by atoms with van der Waals surface area (Å²) in [7, 11) is 2.17. The topological polar surface area (TPSA) is 68.7 Å². The largest absolute Gasteiger partial charge is 0.390 e. The third kappa shape index (κ3) is 6.12. The molecule has 0 aliphatic carbocycles. The molecule has 1 amide bonds. The molecule has 6 nitrogen and oxygen atoms in total. The quantitative estimate of drug-likeness (QED) is 0.715. The van der Waals surface area contributed by atoms with Gasteiger partial charge in [0, 0.05) is 32.4 Å². The van der Waals surface area contributed by atoms with Crippen LogP contribution >= 0.6 is 0 Å². The van der Waals surface area contributed by atoms with Gasteiger partial charge in [0.25, 0.3) is 5.91 Å². The van der Waals surface area contributed by atoms with E-state index < -0.39 is 6.10 Å². The normalized spacial score (nSPS) is 19.0. The van der Waals surface area contributed by atoms with Crippen LogP contribution in [0.25, 0.3) is 0 Å². The van der Waals surface area contributed by atoms with Crippen molar-refractivity contribution in [1.29, 1.82) is 0 Å². The first kappa shape index (κ1) is 21.9. The predicted octanol–water partition coefficient (Wildman–Crippen LogP) is 2.11. The Morgan fingerprint density at radius 2 is 1.97 bits per heavy atom. The number of aromatic nitrogens is 1. The van der Waals surface area contributed by atoms with Gasteiger partial charge < -0.3 is 15.3 Å². The van der Waals surface area contributed by atoms with E-state index in [-0.39, 0.29) is 12.5 Å². The molecule has 1 aromatic carbocycles. The van der Waals surface area contributed by atoms with Gasteiger partial charge in [-0.3, -0.25) is 14.7 Å². The molecule has 3 heterocycles. The Morgan fingerprint density at radius 3 is 2.77 bits per heavy atom. The van der Waals surface area contributed by atoms with E-state index in [1.165, 1.54) is 29.5 Å². The summed E-state index contributed by atoms with van der Waals surface area (Å²) >= 11 is 0. The van der Waals surface area contributed by atoms with Crippen molar-refractivity contribution in [2.24, 2.45) is 5.92 Å². The smallest absolute Gasteiger partial charge is 0.269 e. The number of hydrogen-bond acceptors (Lipinski definition) is 5. The summed E-state index contributed by atoms with van der Waals surface area (Å²) in [5.41, 5.74) is 4.33. The number of hydrogen-bond donors (Lipinski definition) is 2. The standard InChI is InChI=1S/C25H34N4O2/c1-28-11-7-19(8-12-28)14-20-6-10-26-24(15-20)25(31)27-16-23(30)18-29-13-9-21-4-2-3-5-22(21)17-29/h2-6,10,15,19,23,30H,7-9,11-14,16-18H2,1H3,(H,27,31)/t23-/m0/s1. The highest BCUT2D eigenvalue weighted by Gasteiger charge is 2.20. The Balaban J connectivity index is 1.24. The van der Waals surface area contributed by atoms with Crippen LogP contribution in [-0.4, -0.2) is 71.7 Å². The summed E-state index contributed by atoms with van der Waals surface area (Å²) in [6.45, 7) is 4.85. The van der Waals surface area contributed by atoms with Gasteiger partial charge in [0.05, 0.1) is 6.10 Å². The fourth-order valence-corrected chi connectivity index (χ4v) is 4.70. The number of nitrogens with zero attached hydrogens (tertiary/aromatic N) is 3. The Morgan fingerprint density at radius 1 is 1.19 bits per heavy atom. The molecule has 1 saturated heterocycles. The van der Waals surface area contributed by atoms with Crippen molar-refractivity contribution in [3.8, 4) is 0 Å². The summed E-state index contributed by atoms with van der Waals surface area (Å²) in [4.78, 5) is 21.5. The second kappa shape index (κ2) is 10.4. The fourth-order valence-electron chi connectivity index (χ4n) is 4.70. The molecule has 0 unspecified atom stereocenters. The number of benzene rings is 1. The minimum absolute atomic E-state index is 0.215. The van der Waals surface area contributed by atoms with Crippen molar-refractivity contribution in [2.45, 2.75) is 38.3 Å². The second-order valence-electron chi connectivity index (χ2n) is 9.12. The molecule has 2 aliphatic rings. The Bertz CT molecular complexity index is 879. The maximum atomic E-state index is 12.6. The van der Waals surface area contributed by atoms with Gasteiger partial charge >= 0.3 is 0 Å². The van der Waals surface area contributed by atoms with Crippen molar-refractivity contribution in [1.82, 2.24) is 20.1 Å². The maximum Gasteiger partial charge on any atom is 0.269 e. The molecular formula is C25H34N4O2. The molecule has 0 saturated carbocycles. The molecule has 0 bridgehead atoms. The zero-order valence-electron chi connectivity index (χ0n) is 18.5. The average molecular weight is 423 g/mol. The highest BCUT2D eigenvalue weighted by molar-refractivity contribution is 5.92. The summed E-state index contributed by atoms with van der Waals surface area (Å²) < 4.78 is 0. The molecule has 31 heavy (non-hydrogen) atoms. The summed E-state index contributed by atoms with van der Waals surface area (Å²) in [6, 6.07) is 12.4. The average Bonchev–Trinajstić information content (AvgIpc) is 2.79. The lowest BCUT2D eigenvalue weighted by molar-refractivity contribution is 0.0838. The summed E-state index contributed by atoms with van der Waals surface area (Å²) in [6.07, 6.45) is 5.53. The van der Waals surface area contributed by atoms with Gasteiger partial charge in [-0.25, -0.2) is 0 Å². The number of fused-ring (bicyclic) bond motifs is 1. The van der Waals surface area contributed by atoms with Crippen LogP contribution in [0.4, 0.5) is 0 Å². The van der Waals surface area contributed by atoms with Gasteiger partial charge in [-0.2, -0.15) is 0 Å². The Labute approximate surface area is 185 Å². The lowest BCUT2D eigenvalue weighted by atomic mass is 9.90. The summed E-state index contributed by atoms with van der Waals surface area (Å²) in [5.74, 6) is 0.458. The van der Waals surface area contributed by atoms with Gasteiger partial charge in [0.1, 0.15) is 5.69 Å². The van der Waals surface area contributed by atoms with Crippen LogP contribution in [0.5, 0.6) is 0 Å². The molecule has 166 valence electrons. The van der Waals surface area contributed by atoms with Gasteiger partial charge in [-0.15, -0.1) is 0 Å². The number of aliphatic hydroxyl groups excluding tert-OH is 1. The van der Waals surface area contributed by atoms with Gasteiger partial charge in [0.15, 0.2) is 0 Å². The van der Waals surface area contributed by atoms with Crippen molar-refractivity contribution in [3.63, 3.8) is 0 Å². The molecule has 1 atom stereocenters. The third-order valence-corrected chi connectivity index (χ3v) is 6.60. The van der Waals surface area contributed by atoms with E-state index in [0.717, 1.165) is 39.0 Å². The molecule has 0 radical (unpaired) electrons. The summed E-state index contributed by atoms with van der Waals surface area (Å²) in [5, 5.41) is 13.3. The molecule has 1 fully saturated rings. The van der Waals surface area contributed by atoms with Gasteiger partial charge in [-0.1, -0.05) is 24.3 Å². The lowest BCUT2D eigenvalue weighted by Gasteiger charge is -2.30. The zero-order valence-corrected chi connectivity index (χ0v) is 18.5. The Kier molecular flexibility index (Phi) is 7.33. The Hall–Kier alpha value is -2.28. The van der Waals surface area contributed by atoms with E-state index in [2.05, 4.69) is 51.4 Å². The first-order valence-corrected chi connectivity index (χ1v) is 11.5. The molecule has 1 aromatic heterocycles. The highest BCUT2D eigenvalue weighted by atomic mass is 16.3. The number of β-amino-alcohol motifs (C(OH)–C–C–N with tert-alkyl or cyclic N) is 1. The van der Waals surface area contributed by atoms with Crippen LogP contribution in [-0.2, 0) is 19.4 Å². The lowest BCUT2D eigenvalue weighted by Crippen LogP contribution is -2.42. The van der Waals surface area contributed by atoms with Crippen molar-refractivity contribution >= 4 is 5.91 Å². The molecule has 2 aromatic rings. The number of piperidine rings is 1. The molecular weight excluding hydrogens is 388 g/mol. The number of nitrogens with one attached hydrogen (secondary N) is 1. The third-order valence-electron chi connectivity index (χ3n) is 6.60. The van der Waals surface area contributed by atoms with E-state index in [1.807, 2.05) is 12.1 Å². The fraction of sp³-hybridized carbons (Fsp3) is 0.520. The van der Waals surface area contributed by atoms with E-state index in [9.17, 15) is 9.90 Å². The molecule has 2 N–H and O–H groups in total. The number of carbonyl (C=O) groups is 1. The van der Waals surface area contributed by atoms with Gasteiger partial charge in [-0.05, 0) is 80.6 Å². The molecule has 2 aliphatic heterocycles.